The fourth-order valence-electron chi connectivity index (χ4n) is 5.58. The normalized spacial score (nSPS) is 25.3. The molecule has 2 atom stereocenters. The molecule has 3 N–H and O–H groups in total. The fourth-order valence-corrected chi connectivity index (χ4v) is 6.40. The Morgan fingerprint density at radius 1 is 1.23 bits per heavy atom. The molecular weight excluding hydrogens is 415 g/mol. The number of carboxylic acid groups (broad SMARTS) is 1. The molecule has 2 bridgehead atoms. The van der Waals surface area contributed by atoms with Gasteiger partial charge in [0.25, 0.3) is 0 Å². The van der Waals surface area contributed by atoms with Crippen LogP contribution >= 0.6 is 11.3 Å². The first-order chi connectivity index (χ1) is 15.1. The summed E-state index contributed by atoms with van der Waals surface area (Å²) < 4.78 is 14.9. The van der Waals surface area contributed by atoms with Gasteiger partial charge < -0.3 is 15.4 Å². The Hall–Kier alpha value is -3.00. The van der Waals surface area contributed by atoms with Crippen LogP contribution in [0.5, 0.6) is 0 Å². The van der Waals surface area contributed by atoms with Crippen LogP contribution in [0.15, 0.2) is 36.0 Å². The second-order valence-corrected chi connectivity index (χ2v) is 9.57. The van der Waals surface area contributed by atoms with Crippen LogP contribution in [-0.2, 0) is 4.79 Å². The average Bonchev–Trinajstić information content (AvgIpc) is 3.41. The number of aromatic amines is 1. The largest absolute Gasteiger partial charge is 0.481 e. The molecule has 4 aromatic heterocycles. The summed E-state index contributed by atoms with van der Waals surface area (Å²) in [5.74, 6) is -0.870. The first-order valence-corrected chi connectivity index (χ1v) is 11.5. The highest BCUT2D eigenvalue weighted by molar-refractivity contribution is 7.17. The SMILES string of the molecule is O=C(O)[C@@H]1C(Nc2cc(-c3c[nH]c4ncc(F)cc34)nc3ccsc23)[C@H]2CC[C@@H]1CC2. The van der Waals surface area contributed by atoms with Crippen molar-refractivity contribution in [2.75, 3.05) is 5.32 Å². The average molecular weight is 437 g/mol. The van der Waals surface area contributed by atoms with Crippen LogP contribution < -0.4 is 5.32 Å². The van der Waals surface area contributed by atoms with Gasteiger partial charge in [-0.25, -0.2) is 14.4 Å². The number of nitrogens with one attached hydrogen (secondary N) is 2. The van der Waals surface area contributed by atoms with E-state index >= 15 is 0 Å². The highest BCUT2D eigenvalue weighted by Gasteiger charge is 2.47. The summed E-state index contributed by atoms with van der Waals surface area (Å²) in [6.07, 6.45) is 7.14. The predicted octanol–water partition coefficient (Wildman–Crippen LogP) is 5.28. The molecule has 4 aromatic rings. The van der Waals surface area contributed by atoms with Crippen molar-refractivity contribution in [2.45, 2.75) is 31.7 Å². The molecule has 0 spiro atoms. The van der Waals surface area contributed by atoms with Gasteiger partial charge in [0.05, 0.1) is 33.7 Å². The highest BCUT2D eigenvalue weighted by atomic mass is 32.1. The first-order valence-electron chi connectivity index (χ1n) is 10.6. The summed E-state index contributed by atoms with van der Waals surface area (Å²) in [4.78, 5) is 24.1. The minimum Gasteiger partial charge on any atom is -0.481 e. The minimum absolute atomic E-state index is 0.0902. The number of nitrogens with zero attached hydrogens (tertiary/aromatic N) is 2. The molecule has 6 nitrogen and oxygen atoms in total. The zero-order valence-corrected chi connectivity index (χ0v) is 17.5. The number of H-pyrrole nitrogens is 1. The number of rotatable bonds is 4. The van der Waals surface area contributed by atoms with Crippen molar-refractivity contribution in [2.24, 2.45) is 17.8 Å². The maximum Gasteiger partial charge on any atom is 0.308 e. The van der Waals surface area contributed by atoms with Gasteiger partial charge in [0.2, 0.25) is 0 Å². The van der Waals surface area contributed by atoms with Crippen molar-refractivity contribution < 1.29 is 14.3 Å². The van der Waals surface area contributed by atoms with E-state index in [1.54, 1.807) is 17.5 Å². The third-order valence-electron chi connectivity index (χ3n) is 7.01. The van der Waals surface area contributed by atoms with Crippen molar-refractivity contribution in [1.82, 2.24) is 15.0 Å². The third kappa shape index (κ3) is 3.00. The summed E-state index contributed by atoms with van der Waals surface area (Å²) >= 11 is 1.59. The summed E-state index contributed by atoms with van der Waals surface area (Å²) in [6.45, 7) is 0. The lowest BCUT2D eigenvalue weighted by molar-refractivity contribution is -0.148. The molecule has 0 amide bonds. The Balaban J connectivity index is 1.46. The van der Waals surface area contributed by atoms with Gasteiger partial charge in [-0.05, 0) is 61.1 Å². The van der Waals surface area contributed by atoms with Crippen LogP contribution in [0.3, 0.4) is 0 Å². The molecule has 0 aromatic carbocycles. The molecule has 31 heavy (non-hydrogen) atoms. The van der Waals surface area contributed by atoms with Gasteiger partial charge in [0.1, 0.15) is 11.5 Å². The number of pyridine rings is 2. The van der Waals surface area contributed by atoms with Crippen LogP contribution in [0.4, 0.5) is 10.1 Å². The number of carboxylic acids is 1. The Bertz CT molecular complexity index is 1310. The highest BCUT2D eigenvalue weighted by Crippen LogP contribution is 2.47. The number of aliphatic carboxylic acids is 1. The van der Waals surface area contributed by atoms with Crippen LogP contribution in [-0.4, -0.2) is 32.1 Å². The lowest BCUT2D eigenvalue weighted by atomic mass is 9.61. The molecule has 7 rings (SSSR count). The van der Waals surface area contributed by atoms with E-state index in [1.165, 1.54) is 12.3 Å². The smallest absolute Gasteiger partial charge is 0.308 e. The number of hydrogen-bond donors (Lipinski definition) is 3. The lowest BCUT2D eigenvalue weighted by Gasteiger charge is -2.47. The summed E-state index contributed by atoms with van der Waals surface area (Å²) in [6, 6.07) is 5.30. The number of carbonyl (C=O) groups is 1. The molecule has 4 heterocycles. The summed E-state index contributed by atoms with van der Waals surface area (Å²) in [5.41, 5.74) is 3.83. The van der Waals surface area contributed by atoms with E-state index in [0.29, 0.717) is 22.6 Å². The summed E-state index contributed by atoms with van der Waals surface area (Å²) in [5, 5.41) is 16.2. The van der Waals surface area contributed by atoms with E-state index in [1.807, 2.05) is 17.5 Å². The molecule has 1 unspecified atom stereocenters. The van der Waals surface area contributed by atoms with Gasteiger partial charge in [0, 0.05) is 23.2 Å². The third-order valence-corrected chi connectivity index (χ3v) is 7.95. The molecular formula is C23H21FN4O2S. The standard InChI is InChI=1S/C23H21FN4O2S/c24-13-7-14-15(10-26-22(14)25-9-13)17-8-18(21-16(27-17)5-6-31-21)28-20-12-3-1-11(2-4-12)19(20)23(29)30/h5-12,19-20H,1-4H2,(H,25,26)(H,27,28)(H,29,30)/t11-,12+,19-,20?/m0/s1. The molecule has 158 valence electrons. The van der Waals surface area contributed by atoms with E-state index < -0.39 is 11.8 Å². The predicted molar refractivity (Wildman–Crippen MR) is 119 cm³/mol. The number of aromatic nitrogens is 3. The number of hydrogen-bond acceptors (Lipinski definition) is 5. The maximum atomic E-state index is 13.8. The topological polar surface area (TPSA) is 90.9 Å². The van der Waals surface area contributed by atoms with Crippen molar-refractivity contribution in [3.63, 3.8) is 0 Å². The number of fused-ring (bicyclic) bond motifs is 5. The first kappa shape index (κ1) is 18.7. The second kappa shape index (κ2) is 7.02. The monoisotopic (exact) mass is 436 g/mol. The van der Waals surface area contributed by atoms with Crippen molar-refractivity contribution >= 4 is 44.2 Å². The zero-order valence-electron chi connectivity index (χ0n) is 16.6. The molecule has 3 aliphatic carbocycles. The number of anilines is 1. The number of halogens is 1. The molecule has 0 saturated heterocycles. The Morgan fingerprint density at radius 3 is 2.84 bits per heavy atom. The Kier molecular flexibility index (Phi) is 4.24. The van der Waals surface area contributed by atoms with Crippen LogP contribution in [0.2, 0.25) is 0 Å². The van der Waals surface area contributed by atoms with Gasteiger partial charge in [-0.1, -0.05) is 0 Å². The Morgan fingerprint density at radius 2 is 2.03 bits per heavy atom. The number of thiophene rings is 1. The van der Waals surface area contributed by atoms with Gasteiger partial charge in [-0.15, -0.1) is 11.3 Å². The van der Waals surface area contributed by atoms with E-state index in [-0.39, 0.29) is 17.9 Å². The molecule has 0 radical (unpaired) electrons. The van der Waals surface area contributed by atoms with Crippen LogP contribution in [0.1, 0.15) is 25.7 Å². The van der Waals surface area contributed by atoms with E-state index in [0.717, 1.165) is 47.2 Å². The second-order valence-electron chi connectivity index (χ2n) is 8.65. The van der Waals surface area contributed by atoms with Crippen molar-refractivity contribution in [3.8, 4) is 11.3 Å². The van der Waals surface area contributed by atoms with Crippen molar-refractivity contribution in [3.05, 3.63) is 41.8 Å². The molecule has 8 heteroatoms. The van der Waals surface area contributed by atoms with Gasteiger partial charge >= 0.3 is 5.97 Å². The quantitative estimate of drug-likeness (QED) is 0.405. The lowest BCUT2D eigenvalue weighted by Crippen LogP contribution is -2.51. The fraction of sp³-hybridized carbons (Fsp3) is 0.348. The minimum atomic E-state index is -0.707. The Labute approximate surface area is 181 Å². The van der Waals surface area contributed by atoms with Crippen LogP contribution in [0, 0.1) is 23.6 Å². The van der Waals surface area contributed by atoms with E-state index in [4.69, 9.17) is 4.98 Å². The molecule has 3 fully saturated rings. The van der Waals surface area contributed by atoms with Gasteiger partial charge in [-0.3, -0.25) is 4.79 Å². The van der Waals surface area contributed by atoms with E-state index in [2.05, 4.69) is 15.3 Å². The van der Waals surface area contributed by atoms with Gasteiger partial charge in [-0.2, -0.15) is 0 Å². The summed E-state index contributed by atoms with van der Waals surface area (Å²) in [7, 11) is 0. The van der Waals surface area contributed by atoms with E-state index in [9.17, 15) is 14.3 Å². The molecule has 0 aliphatic heterocycles. The van der Waals surface area contributed by atoms with Crippen LogP contribution in [0.25, 0.3) is 32.5 Å². The zero-order chi connectivity index (χ0) is 21.1. The maximum absolute atomic E-state index is 13.8. The van der Waals surface area contributed by atoms with Crippen molar-refractivity contribution in [1.29, 1.82) is 0 Å². The van der Waals surface area contributed by atoms with Gasteiger partial charge in [0.15, 0.2) is 0 Å². The molecule has 3 saturated carbocycles. The molecule has 3 aliphatic rings.